The van der Waals surface area contributed by atoms with Gasteiger partial charge in [0.05, 0.1) is 5.56 Å². The predicted molar refractivity (Wildman–Crippen MR) is 38.3 cm³/mol. The van der Waals surface area contributed by atoms with Crippen molar-refractivity contribution in [1.82, 2.24) is 0 Å². The summed E-state index contributed by atoms with van der Waals surface area (Å²) in [5, 5.41) is 10.7. The molecule has 4 N–H and O–H groups in total. The van der Waals surface area contributed by atoms with Gasteiger partial charge in [0.15, 0.2) is 0 Å². The molecule has 1 amide bonds. The maximum atomic E-state index is 10.7. The zero-order valence-corrected chi connectivity index (χ0v) is 5.65. The summed E-state index contributed by atoms with van der Waals surface area (Å²) in [5.74, 6) is -0.607. The Morgan fingerprint density at radius 2 is 2.18 bits per heavy atom. The summed E-state index contributed by atoms with van der Waals surface area (Å²) < 4.78 is 0.389. The van der Waals surface area contributed by atoms with E-state index in [1.807, 2.05) is 0 Å². The monoisotopic (exact) mass is 153 g/mol. The number of nitrogens with two attached hydrogens (primary N) is 2. The highest BCUT2D eigenvalue weighted by Crippen LogP contribution is 1.96. The number of carbonyl (C=O) groups is 1. The number of hydrogen-bond donors (Lipinski definition) is 2. The van der Waals surface area contributed by atoms with Crippen molar-refractivity contribution in [1.29, 1.82) is 0 Å². The first-order chi connectivity index (χ1) is 5.11. The van der Waals surface area contributed by atoms with Gasteiger partial charge in [0, 0.05) is 6.07 Å². The summed E-state index contributed by atoms with van der Waals surface area (Å²) in [6.07, 6.45) is 1.04. The van der Waals surface area contributed by atoms with Crippen LogP contribution in [0.5, 0.6) is 0 Å². The van der Waals surface area contributed by atoms with Gasteiger partial charge in [0.2, 0.25) is 0 Å². The molecule has 0 aliphatic carbocycles. The molecular formula is C6H7N3O2. The lowest BCUT2D eigenvalue weighted by Gasteiger charge is -2.04. The van der Waals surface area contributed by atoms with Gasteiger partial charge in [-0.05, 0) is 6.07 Å². The number of amides is 1. The number of hydrogen-bond acceptors (Lipinski definition) is 3. The minimum atomic E-state index is -0.644. The quantitative estimate of drug-likeness (QED) is 0.400. The second kappa shape index (κ2) is 2.45. The number of nitrogens with zero attached hydrogens (tertiary/aromatic N) is 1. The van der Waals surface area contributed by atoms with E-state index in [9.17, 15) is 10.0 Å². The van der Waals surface area contributed by atoms with Crippen molar-refractivity contribution in [3.05, 3.63) is 29.1 Å². The number of carbonyl (C=O) groups excluding carboxylic acids is 1. The average molecular weight is 153 g/mol. The molecule has 11 heavy (non-hydrogen) atoms. The fraction of sp³-hybridized carbons (Fsp3) is 0. The topological polar surface area (TPSA) is 96.0 Å². The van der Waals surface area contributed by atoms with Gasteiger partial charge < -0.3 is 10.9 Å². The SMILES string of the molecule is NC(=O)c1ccc(N)[n+]([O-])c1. The van der Waals surface area contributed by atoms with Crippen molar-refractivity contribution in [3.8, 4) is 0 Å². The van der Waals surface area contributed by atoms with Crippen molar-refractivity contribution in [3.63, 3.8) is 0 Å². The molecule has 0 aromatic carbocycles. The zero-order chi connectivity index (χ0) is 8.43. The maximum absolute atomic E-state index is 10.7. The van der Waals surface area contributed by atoms with Crippen molar-refractivity contribution < 1.29 is 9.52 Å². The Bertz CT molecular complexity index is 298. The molecule has 5 nitrogen and oxygen atoms in total. The van der Waals surface area contributed by atoms with E-state index < -0.39 is 5.91 Å². The molecule has 0 saturated carbocycles. The van der Waals surface area contributed by atoms with Crippen LogP contribution in [0.2, 0.25) is 0 Å². The molecule has 1 aromatic rings. The zero-order valence-electron chi connectivity index (χ0n) is 5.65. The number of primary amides is 1. The van der Waals surface area contributed by atoms with E-state index in [4.69, 9.17) is 11.5 Å². The Morgan fingerprint density at radius 3 is 2.64 bits per heavy atom. The van der Waals surface area contributed by atoms with Crippen molar-refractivity contribution in [2.45, 2.75) is 0 Å². The largest absolute Gasteiger partial charge is 0.711 e. The van der Waals surface area contributed by atoms with E-state index >= 15 is 0 Å². The molecule has 0 aliphatic heterocycles. The summed E-state index contributed by atoms with van der Waals surface area (Å²) in [5.41, 5.74) is 10.2. The minimum Gasteiger partial charge on any atom is -0.711 e. The summed E-state index contributed by atoms with van der Waals surface area (Å²) in [6, 6.07) is 2.72. The molecule has 0 radical (unpaired) electrons. The molecular weight excluding hydrogens is 146 g/mol. The smallest absolute Gasteiger partial charge is 0.275 e. The van der Waals surface area contributed by atoms with Crippen LogP contribution in [-0.2, 0) is 0 Å². The first-order valence-electron chi connectivity index (χ1n) is 2.90. The Kier molecular flexibility index (Phi) is 1.63. The number of anilines is 1. The van der Waals surface area contributed by atoms with Crippen LogP contribution >= 0.6 is 0 Å². The van der Waals surface area contributed by atoms with Crippen LogP contribution in [0.1, 0.15) is 10.4 Å². The highest BCUT2D eigenvalue weighted by atomic mass is 16.5. The molecule has 0 spiro atoms. The number of aromatic nitrogens is 1. The third kappa shape index (κ3) is 1.37. The van der Waals surface area contributed by atoms with Crippen LogP contribution in [0.25, 0.3) is 0 Å². The number of pyridine rings is 1. The molecule has 5 heteroatoms. The van der Waals surface area contributed by atoms with Crippen LogP contribution < -0.4 is 16.2 Å². The van der Waals surface area contributed by atoms with Crippen LogP contribution in [0.4, 0.5) is 5.82 Å². The standard InChI is InChI=1S/C6H7N3O2/c7-5-2-1-4(6(8)10)3-9(5)11/h1-3H,7H2,(H2,8,10). The van der Waals surface area contributed by atoms with Gasteiger partial charge in [-0.2, -0.15) is 0 Å². The van der Waals surface area contributed by atoms with Gasteiger partial charge in [-0.25, -0.2) is 4.73 Å². The molecule has 0 bridgehead atoms. The lowest BCUT2D eigenvalue weighted by Crippen LogP contribution is -2.31. The van der Waals surface area contributed by atoms with E-state index in [2.05, 4.69) is 0 Å². The second-order valence-corrected chi connectivity index (χ2v) is 2.03. The molecule has 0 atom stereocenters. The summed E-state index contributed by atoms with van der Waals surface area (Å²) in [4.78, 5) is 10.5. The molecule has 1 rings (SSSR count). The van der Waals surface area contributed by atoms with Gasteiger partial charge in [-0.1, -0.05) is 0 Å². The summed E-state index contributed by atoms with van der Waals surface area (Å²) in [7, 11) is 0. The van der Waals surface area contributed by atoms with Gasteiger partial charge in [-0.3, -0.25) is 10.5 Å². The fourth-order valence-electron chi connectivity index (χ4n) is 0.638. The molecule has 1 aromatic heterocycles. The third-order valence-corrected chi connectivity index (χ3v) is 1.23. The molecule has 0 saturated heterocycles. The van der Waals surface area contributed by atoms with E-state index in [-0.39, 0.29) is 11.4 Å². The highest BCUT2D eigenvalue weighted by molar-refractivity contribution is 5.92. The van der Waals surface area contributed by atoms with Gasteiger partial charge in [-0.15, -0.1) is 0 Å². The fourth-order valence-corrected chi connectivity index (χ4v) is 0.638. The van der Waals surface area contributed by atoms with Gasteiger partial charge in [0.25, 0.3) is 11.7 Å². The van der Waals surface area contributed by atoms with Crippen molar-refractivity contribution in [2.75, 3.05) is 5.73 Å². The Morgan fingerprint density at radius 1 is 1.55 bits per heavy atom. The molecule has 0 fully saturated rings. The molecule has 0 unspecified atom stereocenters. The van der Waals surface area contributed by atoms with Gasteiger partial charge in [0.1, 0.15) is 6.20 Å². The Hall–Kier alpha value is -1.78. The lowest BCUT2D eigenvalue weighted by atomic mass is 10.3. The summed E-state index contributed by atoms with van der Waals surface area (Å²) in [6.45, 7) is 0. The van der Waals surface area contributed by atoms with E-state index in [1.54, 1.807) is 0 Å². The minimum absolute atomic E-state index is 0.0370. The van der Waals surface area contributed by atoms with Crippen molar-refractivity contribution in [2.24, 2.45) is 5.73 Å². The van der Waals surface area contributed by atoms with Crippen molar-refractivity contribution >= 4 is 11.7 Å². The Labute approximate surface area is 62.8 Å². The molecule has 1 heterocycles. The summed E-state index contributed by atoms with van der Waals surface area (Å²) >= 11 is 0. The maximum Gasteiger partial charge on any atom is 0.275 e. The highest BCUT2D eigenvalue weighted by Gasteiger charge is 2.03. The van der Waals surface area contributed by atoms with Crippen LogP contribution in [-0.4, -0.2) is 5.91 Å². The van der Waals surface area contributed by atoms with E-state index in [0.29, 0.717) is 4.73 Å². The van der Waals surface area contributed by atoms with Crippen LogP contribution in [0.15, 0.2) is 18.3 Å². The Balaban J connectivity index is 3.15. The predicted octanol–water partition coefficient (Wildman–Crippen LogP) is -0.999. The average Bonchev–Trinajstić information content (AvgIpc) is 1.94. The lowest BCUT2D eigenvalue weighted by molar-refractivity contribution is -0.590. The molecule has 0 aliphatic rings. The second-order valence-electron chi connectivity index (χ2n) is 2.03. The first kappa shape index (κ1) is 7.33. The first-order valence-corrected chi connectivity index (χ1v) is 2.90. The van der Waals surface area contributed by atoms with Crippen LogP contribution in [0, 0.1) is 5.21 Å². The number of rotatable bonds is 1. The number of nitrogen functional groups attached to an aromatic ring is 1. The van der Waals surface area contributed by atoms with E-state index in [1.165, 1.54) is 12.1 Å². The normalized spacial score (nSPS) is 9.45. The van der Waals surface area contributed by atoms with Crippen LogP contribution in [0.3, 0.4) is 0 Å². The third-order valence-electron chi connectivity index (χ3n) is 1.23. The van der Waals surface area contributed by atoms with E-state index in [0.717, 1.165) is 6.20 Å². The van der Waals surface area contributed by atoms with Gasteiger partial charge >= 0.3 is 0 Å². The molecule has 58 valence electrons.